The molecule has 2 aromatic carbocycles. The van der Waals surface area contributed by atoms with Crippen LogP contribution in [0.3, 0.4) is 0 Å². The molecular weight excluding hydrogens is 359 g/mol. The lowest BCUT2D eigenvalue weighted by atomic mass is 10.0. The maximum absolute atomic E-state index is 14.5. The summed E-state index contributed by atoms with van der Waals surface area (Å²) in [5.74, 6) is 0.139. The van der Waals surface area contributed by atoms with Gasteiger partial charge in [0.2, 0.25) is 5.91 Å². The molecule has 1 aliphatic rings. The van der Waals surface area contributed by atoms with Crippen LogP contribution in [0.4, 0.5) is 4.39 Å². The molecule has 0 spiro atoms. The lowest BCUT2D eigenvalue weighted by Crippen LogP contribution is -2.46. The number of nitrogens with one attached hydrogen (secondary N) is 1. The third-order valence-electron chi connectivity index (χ3n) is 5.16. The summed E-state index contributed by atoms with van der Waals surface area (Å²) in [7, 11) is 1.92. The topological polar surface area (TPSA) is 59.4 Å². The minimum Gasteiger partial charge on any atom is -0.379 e. The number of imidazole rings is 1. The summed E-state index contributed by atoms with van der Waals surface area (Å²) < 4.78 is 21.8. The van der Waals surface area contributed by atoms with E-state index in [1.165, 1.54) is 6.07 Å². The first kappa shape index (κ1) is 18.6. The molecule has 0 bridgehead atoms. The number of carbonyl (C=O) groups is 1. The van der Waals surface area contributed by atoms with Gasteiger partial charge < -0.3 is 14.6 Å². The van der Waals surface area contributed by atoms with E-state index in [0.29, 0.717) is 31.9 Å². The molecule has 6 nitrogen and oxygen atoms in total. The number of hydrogen-bond acceptors (Lipinski definition) is 4. The average Bonchev–Trinajstić information content (AvgIpc) is 3.05. The van der Waals surface area contributed by atoms with E-state index in [2.05, 4.69) is 10.3 Å². The highest BCUT2D eigenvalue weighted by molar-refractivity contribution is 5.83. The van der Waals surface area contributed by atoms with Crippen molar-refractivity contribution in [3.8, 4) is 0 Å². The largest absolute Gasteiger partial charge is 0.379 e. The van der Waals surface area contributed by atoms with Crippen molar-refractivity contribution in [1.29, 1.82) is 0 Å². The highest BCUT2D eigenvalue weighted by Crippen LogP contribution is 2.25. The van der Waals surface area contributed by atoms with Crippen LogP contribution >= 0.6 is 0 Å². The van der Waals surface area contributed by atoms with E-state index in [0.717, 1.165) is 16.9 Å². The van der Waals surface area contributed by atoms with Crippen molar-refractivity contribution in [2.75, 3.05) is 26.3 Å². The zero-order valence-corrected chi connectivity index (χ0v) is 15.8. The van der Waals surface area contributed by atoms with Crippen molar-refractivity contribution < 1.29 is 13.9 Å². The van der Waals surface area contributed by atoms with Crippen LogP contribution in [-0.4, -0.2) is 46.7 Å². The van der Waals surface area contributed by atoms with Crippen LogP contribution in [0.25, 0.3) is 11.0 Å². The van der Waals surface area contributed by atoms with Crippen LogP contribution in [0.5, 0.6) is 0 Å². The number of nitrogens with zero attached hydrogens (tertiary/aromatic N) is 3. The second-order valence-electron chi connectivity index (χ2n) is 6.87. The SMILES string of the molecule is Cn1c(CNC(=O)[C@H](c2ccccc2F)N2CCOCC2)nc2ccccc21. The zero-order valence-electron chi connectivity index (χ0n) is 15.8. The van der Waals surface area contributed by atoms with Gasteiger partial charge in [0.05, 0.1) is 30.8 Å². The second-order valence-corrected chi connectivity index (χ2v) is 6.87. The van der Waals surface area contributed by atoms with Crippen LogP contribution in [0, 0.1) is 5.82 Å². The summed E-state index contributed by atoms with van der Waals surface area (Å²) >= 11 is 0. The molecule has 4 rings (SSSR count). The highest BCUT2D eigenvalue weighted by atomic mass is 19.1. The number of carbonyl (C=O) groups excluding carboxylic acids is 1. The number of aryl methyl sites for hydroxylation is 1. The molecule has 2 heterocycles. The summed E-state index contributed by atoms with van der Waals surface area (Å²) in [6.45, 7) is 2.50. The van der Waals surface area contributed by atoms with Gasteiger partial charge in [0.25, 0.3) is 0 Å². The van der Waals surface area contributed by atoms with E-state index >= 15 is 0 Å². The Balaban J connectivity index is 1.56. The lowest BCUT2D eigenvalue weighted by Gasteiger charge is -2.33. The second kappa shape index (κ2) is 8.08. The Morgan fingerprint density at radius 2 is 1.89 bits per heavy atom. The number of ether oxygens (including phenoxy) is 1. The minimum atomic E-state index is -0.695. The highest BCUT2D eigenvalue weighted by Gasteiger charge is 2.31. The van der Waals surface area contributed by atoms with Crippen LogP contribution < -0.4 is 5.32 Å². The molecule has 1 fully saturated rings. The Hall–Kier alpha value is -2.77. The third-order valence-corrected chi connectivity index (χ3v) is 5.16. The molecule has 146 valence electrons. The monoisotopic (exact) mass is 382 g/mol. The number of aromatic nitrogens is 2. The molecule has 1 atom stereocenters. The normalized spacial score (nSPS) is 16.2. The van der Waals surface area contributed by atoms with Crippen molar-refractivity contribution >= 4 is 16.9 Å². The van der Waals surface area contributed by atoms with Gasteiger partial charge in [-0.3, -0.25) is 9.69 Å². The number of amides is 1. The lowest BCUT2D eigenvalue weighted by molar-refractivity contribution is -0.128. The molecule has 7 heteroatoms. The van der Waals surface area contributed by atoms with Crippen molar-refractivity contribution in [3.63, 3.8) is 0 Å². The van der Waals surface area contributed by atoms with E-state index in [1.807, 2.05) is 40.8 Å². The predicted molar refractivity (Wildman–Crippen MR) is 104 cm³/mol. The summed E-state index contributed by atoms with van der Waals surface area (Å²) in [6.07, 6.45) is 0. The molecule has 1 amide bonds. The molecular formula is C21H23FN4O2. The van der Waals surface area contributed by atoms with E-state index in [4.69, 9.17) is 4.74 Å². The van der Waals surface area contributed by atoms with Crippen LogP contribution in [0.1, 0.15) is 17.4 Å². The van der Waals surface area contributed by atoms with Crippen LogP contribution in [0.15, 0.2) is 48.5 Å². The fraction of sp³-hybridized carbons (Fsp3) is 0.333. The predicted octanol–water partition coefficient (Wildman–Crippen LogP) is 2.40. The maximum Gasteiger partial charge on any atom is 0.242 e. The average molecular weight is 382 g/mol. The standard InChI is InChI=1S/C21H23FN4O2/c1-25-18-9-5-4-8-17(18)24-19(25)14-23-21(27)20(26-10-12-28-13-11-26)15-6-2-3-7-16(15)22/h2-9,20H,10-14H2,1H3,(H,23,27)/t20-/m0/s1. The van der Waals surface area contributed by atoms with Gasteiger partial charge in [-0.05, 0) is 18.2 Å². The Morgan fingerprint density at radius 1 is 1.18 bits per heavy atom. The van der Waals surface area contributed by atoms with E-state index in [1.54, 1.807) is 18.2 Å². The van der Waals surface area contributed by atoms with Gasteiger partial charge in [-0.15, -0.1) is 0 Å². The Morgan fingerprint density at radius 3 is 2.64 bits per heavy atom. The van der Waals surface area contributed by atoms with Crippen molar-refractivity contribution in [2.24, 2.45) is 7.05 Å². The summed E-state index contributed by atoms with van der Waals surface area (Å²) in [5, 5.41) is 2.95. The van der Waals surface area contributed by atoms with E-state index < -0.39 is 6.04 Å². The summed E-state index contributed by atoms with van der Waals surface area (Å²) in [6, 6.07) is 13.6. The molecule has 0 saturated carbocycles. The smallest absolute Gasteiger partial charge is 0.242 e. The summed E-state index contributed by atoms with van der Waals surface area (Å²) in [4.78, 5) is 19.6. The Labute approximate surface area is 162 Å². The molecule has 1 N–H and O–H groups in total. The maximum atomic E-state index is 14.5. The Bertz CT molecular complexity index is 981. The van der Waals surface area contributed by atoms with Gasteiger partial charge in [0.1, 0.15) is 17.7 Å². The van der Waals surface area contributed by atoms with Gasteiger partial charge >= 0.3 is 0 Å². The molecule has 3 aromatic rings. The first-order chi connectivity index (χ1) is 13.6. The minimum absolute atomic E-state index is 0.237. The van der Waals surface area contributed by atoms with Crippen molar-refractivity contribution in [1.82, 2.24) is 19.8 Å². The van der Waals surface area contributed by atoms with E-state index in [-0.39, 0.29) is 18.3 Å². The van der Waals surface area contributed by atoms with Crippen LogP contribution in [-0.2, 0) is 23.1 Å². The first-order valence-electron chi connectivity index (χ1n) is 9.39. The quantitative estimate of drug-likeness (QED) is 0.736. The number of benzene rings is 2. The van der Waals surface area contributed by atoms with Gasteiger partial charge in [0.15, 0.2) is 0 Å². The molecule has 1 saturated heterocycles. The molecule has 0 radical (unpaired) electrons. The molecule has 1 aromatic heterocycles. The zero-order chi connectivity index (χ0) is 19.5. The van der Waals surface area contributed by atoms with Gasteiger partial charge in [-0.25, -0.2) is 9.37 Å². The van der Waals surface area contributed by atoms with E-state index in [9.17, 15) is 9.18 Å². The van der Waals surface area contributed by atoms with Gasteiger partial charge in [0, 0.05) is 25.7 Å². The number of fused-ring (bicyclic) bond motifs is 1. The number of halogens is 1. The van der Waals surface area contributed by atoms with Crippen molar-refractivity contribution in [2.45, 2.75) is 12.6 Å². The molecule has 0 aliphatic carbocycles. The first-order valence-corrected chi connectivity index (χ1v) is 9.39. The Kier molecular flexibility index (Phi) is 5.36. The number of para-hydroxylation sites is 2. The molecule has 0 unspecified atom stereocenters. The van der Waals surface area contributed by atoms with Crippen molar-refractivity contribution in [3.05, 3.63) is 65.7 Å². The van der Waals surface area contributed by atoms with Gasteiger partial charge in [-0.1, -0.05) is 30.3 Å². The fourth-order valence-electron chi connectivity index (χ4n) is 3.65. The third kappa shape index (κ3) is 3.63. The number of rotatable bonds is 5. The number of hydrogen-bond donors (Lipinski definition) is 1. The fourth-order valence-corrected chi connectivity index (χ4v) is 3.65. The number of morpholine rings is 1. The van der Waals surface area contributed by atoms with Crippen LogP contribution in [0.2, 0.25) is 0 Å². The molecule has 1 aliphatic heterocycles. The molecule has 28 heavy (non-hydrogen) atoms. The summed E-state index contributed by atoms with van der Waals surface area (Å²) in [5.41, 5.74) is 2.27. The van der Waals surface area contributed by atoms with Gasteiger partial charge in [-0.2, -0.15) is 0 Å².